The molecule has 3 rings (SSSR count). The maximum atomic E-state index is 12.9. The fraction of sp³-hybridized carbons (Fsp3) is 0.308. The van der Waals surface area contributed by atoms with Gasteiger partial charge in [-0.3, -0.25) is 14.4 Å². The van der Waals surface area contributed by atoms with E-state index >= 15 is 0 Å². The second-order valence-electron chi connectivity index (χ2n) is 8.51. The lowest BCUT2D eigenvalue weighted by atomic mass is 10.0. The highest BCUT2D eigenvalue weighted by Gasteiger charge is 2.39. The van der Waals surface area contributed by atoms with E-state index in [4.69, 9.17) is 11.5 Å². The summed E-state index contributed by atoms with van der Waals surface area (Å²) in [5, 5.41) is 12.0. The number of likely N-dealkylation sites (tertiary alicyclic amines) is 1. The summed E-state index contributed by atoms with van der Waals surface area (Å²) in [4.78, 5) is 42.1. The van der Waals surface area contributed by atoms with Crippen LogP contribution < -0.4 is 16.8 Å². The van der Waals surface area contributed by atoms with Crippen molar-refractivity contribution < 1.29 is 19.5 Å². The zero-order chi connectivity index (χ0) is 25.2. The Morgan fingerprint density at radius 2 is 1.83 bits per heavy atom. The number of guanidine groups is 1. The van der Waals surface area contributed by atoms with Crippen LogP contribution in [-0.4, -0.2) is 52.9 Å². The van der Waals surface area contributed by atoms with Gasteiger partial charge in [-0.15, -0.1) is 0 Å². The lowest BCUT2D eigenvalue weighted by molar-refractivity contribution is -0.142. The van der Waals surface area contributed by atoms with E-state index in [0.29, 0.717) is 18.7 Å². The van der Waals surface area contributed by atoms with Gasteiger partial charge in [0, 0.05) is 25.2 Å². The van der Waals surface area contributed by atoms with E-state index in [9.17, 15) is 19.5 Å². The number of nitrogens with one attached hydrogen (secondary N) is 1. The number of carboxylic acid groups (broad SMARTS) is 1. The molecule has 0 unspecified atom stereocenters. The normalized spacial score (nSPS) is 17.5. The van der Waals surface area contributed by atoms with Gasteiger partial charge in [0.05, 0.1) is 18.0 Å². The van der Waals surface area contributed by atoms with Crippen LogP contribution in [0.4, 0.5) is 5.69 Å². The molecule has 1 fully saturated rings. The minimum atomic E-state index is -0.994. The molecule has 1 aliphatic heterocycles. The lowest BCUT2D eigenvalue weighted by Gasteiger charge is -2.25. The first-order chi connectivity index (χ1) is 16.8. The Morgan fingerprint density at radius 1 is 1.11 bits per heavy atom. The van der Waals surface area contributed by atoms with Gasteiger partial charge in [-0.1, -0.05) is 42.5 Å². The Balaban J connectivity index is 1.55. The van der Waals surface area contributed by atoms with Crippen LogP contribution in [0.1, 0.15) is 30.4 Å². The molecule has 0 aromatic heterocycles. The van der Waals surface area contributed by atoms with E-state index in [1.165, 1.54) is 11.6 Å². The second-order valence-corrected chi connectivity index (χ2v) is 8.51. The van der Waals surface area contributed by atoms with Gasteiger partial charge in [0.15, 0.2) is 5.96 Å². The van der Waals surface area contributed by atoms with Crippen LogP contribution in [0, 0.1) is 5.92 Å². The quantitative estimate of drug-likeness (QED) is 0.221. The monoisotopic (exact) mass is 477 g/mol. The maximum Gasteiger partial charge on any atom is 0.304 e. The summed E-state index contributed by atoms with van der Waals surface area (Å²) in [7, 11) is 0. The molecule has 0 aliphatic carbocycles. The summed E-state index contributed by atoms with van der Waals surface area (Å²) in [5.41, 5.74) is 13.3. The molecule has 2 atom stereocenters. The van der Waals surface area contributed by atoms with E-state index in [1.807, 2.05) is 30.3 Å². The highest BCUT2D eigenvalue weighted by molar-refractivity contribution is 5.92. The van der Waals surface area contributed by atoms with E-state index < -0.39 is 11.9 Å². The Bertz CT molecular complexity index is 1080. The molecule has 2 aromatic carbocycles. The van der Waals surface area contributed by atoms with Gasteiger partial charge < -0.3 is 26.8 Å². The van der Waals surface area contributed by atoms with E-state index in [2.05, 4.69) is 10.3 Å². The molecule has 9 heteroatoms. The summed E-state index contributed by atoms with van der Waals surface area (Å²) in [6.45, 7) is 0.780. The van der Waals surface area contributed by atoms with Crippen molar-refractivity contribution in [3.8, 4) is 0 Å². The average Bonchev–Trinajstić information content (AvgIpc) is 3.11. The number of nitrogens with zero attached hydrogens (tertiary/aromatic N) is 2. The van der Waals surface area contributed by atoms with Gasteiger partial charge in [0.1, 0.15) is 0 Å². The molecular weight excluding hydrogens is 446 g/mol. The molecule has 9 nitrogen and oxygen atoms in total. The molecule has 0 bridgehead atoms. The SMILES string of the molecule is NC(N)=Nc1ccc(C=CC(=O)NC[C@@H]2C[C@@H](CC(=O)O)C(=O)N2CCCc2ccccc2)cc1. The zero-order valence-electron chi connectivity index (χ0n) is 19.5. The Morgan fingerprint density at radius 3 is 2.49 bits per heavy atom. The zero-order valence-corrected chi connectivity index (χ0v) is 19.5. The number of aliphatic carboxylic acids is 1. The van der Waals surface area contributed by atoms with Crippen molar-refractivity contribution in [3.05, 3.63) is 71.8 Å². The summed E-state index contributed by atoms with van der Waals surface area (Å²) in [6, 6.07) is 16.8. The summed E-state index contributed by atoms with van der Waals surface area (Å²) in [5.74, 6) is -2.04. The van der Waals surface area contributed by atoms with Gasteiger partial charge in [0.25, 0.3) is 0 Å². The predicted octanol–water partition coefficient (Wildman–Crippen LogP) is 2.05. The smallest absolute Gasteiger partial charge is 0.304 e. The van der Waals surface area contributed by atoms with Crippen molar-refractivity contribution in [1.82, 2.24) is 10.2 Å². The van der Waals surface area contributed by atoms with Crippen molar-refractivity contribution in [2.24, 2.45) is 22.4 Å². The fourth-order valence-electron chi connectivity index (χ4n) is 4.20. The number of carboxylic acids is 1. The first-order valence-electron chi connectivity index (χ1n) is 11.5. The number of nitrogens with two attached hydrogens (primary N) is 2. The lowest BCUT2D eigenvalue weighted by Crippen LogP contribution is -2.42. The first kappa shape index (κ1) is 25.5. The van der Waals surface area contributed by atoms with Gasteiger partial charge in [-0.05, 0) is 48.6 Å². The molecule has 184 valence electrons. The average molecular weight is 478 g/mol. The van der Waals surface area contributed by atoms with E-state index in [1.54, 1.807) is 35.2 Å². The highest BCUT2D eigenvalue weighted by atomic mass is 16.4. The summed E-state index contributed by atoms with van der Waals surface area (Å²) >= 11 is 0. The van der Waals surface area contributed by atoms with Crippen LogP contribution >= 0.6 is 0 Å². The van der Waals surface area contributed by atoms with E-state index in [-0.39, 0.29) is 36.8 Å². The van der Waals surface area contributed by atoms with Crippen LogP contribution in [0.2, 0.25) is 0 Å². The molecule has 2 amide bonds. The fourth-order valence-corrected chi connectivity index (χ4v) is 4.20. The highest BCUT2D eigenvalue weighted by Crippen LogP contribution is 2.27. The van der Waals surface area contributed by atoms with Crippen molar-refractivity contribution in [1.29, 1.82) is 0 Å². The number of hydrogen-bond donors (Lipinski definition) is 4. The summed E-state index contributed by atoms with van der Waals surface area (Å²) < 4.78 is 0. The molecule has 0 saturated carbocycles. The largest absolute Gasteiger partial charge is 0.481 e. The predicted molar refractivity (Wildman–Crippen MR) is 135 cm³/mol. The van der Waals surface area contributed by atoms with Crippen LogP contribution in [-0.2, 0) is 20.8 Å². The molecule has 1 aliphatic rings. The molecule has 1 saturated heterocycles. The third kappa shape index (κ3) is 7.99. The number of benzene rings is 2. The molecule has 0 radical (unpaired) electrons. The third-order valence-electron chi connectivity index (χ3n) is 5.85. The Labute approximate surface area is 204 Å². The number of aliphatic imine (C=N–C) groups is 1. The standard InChI is InChI=1S/C26H31N5O4/c27-26(28)30-21-11-8-19(9-12-21)10-13-23(32)29-17-22-15-20(16-24(33)34)25(35)31(22)14-4-7-18-5-2-1-3-6-18/h1-3,5-6,8-13,20,22H,4,7,14-17H2,(H,29,32)(H,33,34)(H4,27,28,30)/t20-,22-/m0/s1. The number of hydrogen-bond acceptors (Lipinski definition) is 4. The van der Waals surface area contributed by atoms with Crippen molar-refractivity contribution in [2.75, 3.05) is 13.1 Å². The van der Waals surface area contributed by atoms with E-state index in [0.717, 1.165) is 18.4 Å². The second kappa shape index (κ2) is 12.4. The van der Waals surface area contributed by atoms with Gasteiger partial charge in [0.2, 0.25) is 11.8 Å². The Kier molecular flexibility index (Phi) is 9.00. The van der Waals surface area contributed by atoms with Crippen molar-refractivity contribution >= 4 is 35.5 Å². The molecule has 0 spiro atoms. The van der Waals surface area contributed by atoms with Crippen LogP contribution in [0.3, 0.4) is 0 Å². The number of amides is 2. The van der Waals surface area contributed by atoms with Gasteiger partial charge >= 0.3 is 5.97 Å². The minimum absolute atomic E-state index is 0.0298. The van der Waals surface area contributed by atoms with Gasteiger partial charge in [-0.25, -0.2) is 4.99 Å². The van der Waals surface area contributed by atoms with Gasteiger partial charge in [-0.2, -0.15) is 0 Å². The Hall–Kier alpha value is -4.14. The van der Waals surface area contributed by atoms with Crippen LogP contribution in [0.15, 0.2) is 65.7 Å². The van der Waals surface area contributed by atoms with Crippen LogP contribution in [0.25, 0.3) is 6.08 Å². The summed E-state index contributed by atoms with van der Waals surface area (Å²) in [6.07, 6.45) is 4.87. The van der Waals surface area contributed by atoms with Crippen molar-refractivity contribution in [3.63, 3.8) is 0 Å². The molecular formula is C26H31N5O4. The first-order valence-corrected chi connectivity index (χ1v) is 11.5. The minimum Gasteiger partial charge on any atom is -0.481 e. The topological polar surface area (TPSA) is 151 Å². The number of carbonyl (C=O) groups is 3. The van der Waals surface area contributed by atoms with Crippen LogP contribution in [0.5, 0.6) is 0 Å². The number of rotatable bonds is 11. The molecule has 2 aromatic rings. The maximum absolute atomic E-state index is 12.9. The molecule has 6 N–H and O–H groups in total. The van der Waals surface area contributed by atoms with Crippen molar-refractivity contribution in [2.45, 2.75) is 31.7 Å². The number of carbonyl (C=O) groups excluding carboxylic acids is 2. The number of aryl methyl sites for hydroxylation is 1. The molecule has 1 heterocycles. The third-order valence-corrected chi connectivity index (χ3v) is 5.85. The molecule has 35 heavy (non-hydrogen) atoms.